The monoisotopic (exact) mass is 474 g/mol. The number of nitrogens with one attached hydrogen (secondary N) is 1. The zero-order valence-electron chi connectivity index (χ0n) is 18.4. The molecule has 0 spiro atoms. The van der Waals surface area contributed by atoms with E-state index in [1.165, 1.54) is 11.8 Å². The van der Waals surface area contributed by atoms with Crippen molar-refractivity contribution in [1.29, 1.82) is 0 Å². The zero-order valence-corrected chi connectivity index (χ0v) is 19.2. The highest BCUT2D eigenvalue weighted by atomic mass is 32.2. The molecule has 3 aromatic carbocycles. The van der Waals surface area contributed by atoms with Crippen molar-refractivity contribution in [3.63, 3.8) is 0 Å². The van der Waals surface area contributed by atoms with Gasteiger partial charge in [-0.1, -0.05) is 54.2 Å². The molecule has 0 radical (unpaired) electrons. The number of hydrogen-bond acceptors (Lipinski definition) is 7. The van der Waals surface area contributed by atoms with Crippen molar-refractivity contribution in [2.45, 2.75) is 11.7 Å². The number of methoxy groups -OCH3 is 1. The van der Waals surface area contributed by atoms with Crippen LogP contribution in [0.2, 0.25) is 0 Å². The normalized spacial score (nSPS) is 11.9. The molecule has 1 aromatic heterocycles. The van der Waals surface area contributed by atoms with Crippen LogP contribution in [0.1, 0.15) is 5.56 Å². The molecule has 0 aliphatic carbocycles. The lowest BCUT2D eigenvalue weighted by Gasteiger charge is -2.11. The molecule has 0 saturated heterocycles. The fourth-order valence-corrected chi connectivity index (χ4v) is 4.33. The highest BCUT2D eigenvalue weighted by Gasteiger charge is 2.18. The maximum atomic E-state index is 12.6. The van der Waals surface area contributed by atoms with E-state index in [-0.39, 0.29) is 18.5 Å². The summed E-state index contributed by atoms with van der Waals surface area (Å²) >= 11 is 1.33. The second-order valence-corrected chi connectivity index (χ2v) is 8.46. The van der Waals surface area contributed by atoms with Gasteiger partial charge in [0.05, 0.1) is 19.4 Å². The number of amides is 1. The van der Waals surface area contributed by atoms with Gasteiger partial charge in [-0.15, -0.1) is 10.2 Å². The van der Waals surface area contributed by atoms with Crippen LogP contribution in [-0.2, 0) is 11.3 Å². The van der Waals surface area contributed by atoms with Crippen LogP contribution in [0.25, 0.3) is 11.4 Å². The molecule has 0 saturated carbocycles. The topological polar surface area (TPSA) is 87.5 Å². The fourth-order valence-electron chi connectivity index (χ4n) is 3.59. The van der Waals surface area contributed by atoms with E-state index in [9.17, 15) is 4.79 Å². The van der Waals surface area contributed by atoms with Gasteiger partial charge in [0.1, 0.15) is 5.75 Å². The maximum absolute atomic E-state index is 12.6. The number of benzene rings is 3. The summed E-state index contributed by atoms with van der Waals surface area (Å²) in [6.45, 7) is 0.748. The van der Waals surface area contributed by atoms with Crippen LogP contribution in [0.15, 0.2) is 78.0 Å². The smallest absolute Gasteiger partial charge is 0.234 e. The Morgan fingerprint density at radius 1 is 1.03 bits per heavy atom. The van der Waals surface area contributed by atoms with Crippen LogP contribution in [0.4, 0.5) is 5.69 Å². The highest BCUT2D eigenvalue weighted by molar-refractivity contribution is 7.99. The Morgan fingerprint density at radius 3 is 2.74 bits per heavy atom. The molecule has 9 heteroatoms. The van der Waals surface area contributed by atoms with Crippen LogP contribution in [0.3, 0.4) is 0 Å². The van der Waals surface area contributed by atoms with Crippen molar-refractivity contribution in [2.24, 2.45) is 0 Å². The molecular weight excluding hydrogens is 452 g/mol. The number of carbonyl (C=O) groups excluding carboxylic acids is 1. The van der Waals surface area contributed by atoms with Crippen LogP contribution < -0.4 is 19.5 Å². The van der Waals surface area contributed by atoms with Crippen LogP contribution >= 0.6 is 11.8 Å². The number of nitrogens with zero attached hydrogens (tertiary/aromatic N) is 3. The molecular formula is C25H22N4O4S. The molecule has 0 fully saturated rings. The van der Waals surface area contributed by atoms with Gasteiger partial charge in [-0.2, -0.15) is 0 Å². The first-order chi connectivity index (χ1) is 16.7. The van der Waals surface area contributed by atoms with Crippen molar-refractivity contribution < 1.29 is 19.0 Å². The first-order valence-electron chi connectivity index (χ1n) is 10.6. The van der Waals surface area contributed by atoms with E-state index in [1.807, 2.05) is 71.3 Å². The quantitative estimate of drug-likeness (QED) is 0.377. The molecule has 172 valence electrons. The SMILES string of the molecule is COc1cccc(NC(=O)CSc2nnc(-c3ccccc3)n2Cc2ccc3c(c2)OCO3)c1. The number of thioether (sulfide) groups is 1. The Labute approximate surface area is 200 Å². The minimum atomic E-state index is -0.142. The van der Waals surface area contributed by atoms with Crippen LogP contribution in [0, 0.1) is 0 Å². The van der Waals surface area contributed by atoms with Crippen molar-refractivity contribution in [3.05, 3.63) is 78.4 Å². The molecule has 4 aromatic rings. The molecule has 1 aliphatic heterocycles. The zero-order chi connectivity index (χ0) is 23.3. The molecule has 1 amide bonds. The van der Waals surface area contributed by atoms with E-state index in [0.29, 0.717) is 23.1 Å². The van der Waals surface area contributed by atoms with Gasteiger partial charge in [-0.05, 0) is 29.8 Å². The van der Waals surface area contributed by atoms with Gasteiger partial charge < -0.3 is 19.5 Å². The minimum absolute atomic E-state index is 0.142. The Kier molecular flexibility index (Phi) is 6.35. The Balaban J connectivity index is 1.36. The Bertz CT molecular complexity index is 1310. The molecule has 34 heavy (non-hydrogen) atoms. The van der Waals surface area contributed by atoms with E-state index in [2.05, 4.69) is 15.5 Å². The fraction of sp³-hybridized carbons (Fsp3) is 0.160. The third-order valence-corrected chi connectivity index (χ3v) is 6.18. The van der Waals surface area contributed by atoms with E-state index < -0.39 is 0 Å². The summed E-state index contributed by atoms with van der Waals surface area (Å²) in [5.41, 5.74) is 2.64. The number of hydrogen-bond donors (Lipinski definition) is 1. The first kappa shape index (κ1) is 21.8. The predicted molar refractivity (Wildman–Crippen MR) is 129 cm³/mol. The molecule has 0 atom stereocenters. The molecule has 5 rings (SSSR count). The Hall–Kier alpha value is -3.98. The van der Waals surface area contributed by atoms with Crippen molar-refractivity contribution in [1.82, 2.24) is 14.8 Å². The highest BCUT2D eigenvalue weighted by Crippen LogP contribution is 2.33. The summed E-state index contributed by atoms with van der Waals surface area (Å²) in [6, 6.07) is 23.0. The number of aromatic nitrogens is 3. The molecule has 1 N–H and O–H groups in total. The van der Waals surface area contributed by atoms with Gasteiger partial charge in [-0.3, -0.25) is 9.36 Å². The van der Waals surface area contributed by atoms with E-state index in [4.69, 9.17) is 14.2 Å². The summed E-state index contributed by atoms with van der Waals surface area (Å²) in [4.78, 5) is 12.6. The molecule has 2 heterocycles. The largest absolute Gasteiger partial charge is 0.497 e. The second kappa shape index (κ2) is 9.88. The number of anilines is 1. The van der Waals surface area contributed by atoms with Gasteiger partial charge in [0.15, 0.2) is 22.5 Å². The molecule has 0 bridgehead atoms. The lowest BCUT2D eigenvalue weighted by molar-refractivity contribution is -0.113. The summed E-state index contributed by atoms with van der Waals surface area (Å²) < 4.78 is 18.2. The average Bonchev–Trinajstić information content (AvgIpc) is 3.50. The standard InChI is InChI=1S/C25H22N4O4S/c1-31-20-9-5-8-19(13-20)26-23(30)15-34-25-28-27-24(18-6-3-2-4-7-18)29(25)14-17-10-11-21-22(12-17)33-16-32-21/h2-13H,14-16H2,1H3,(H,26,30). The van der Waals surface area contributed by atoms with Gasteiger partial charge in [0.25, 0.3) is 0 Å². The Morgan fingerprint density at radius 2 is 1.88 bits per heavy atom. The lowest BCUT2D eigenvalue weighted by atomic mass is 10.2. The summed E-state index contributed by atoms with van der Waals surface area (Å²) in [7, 11) is 1.59. The number of rotatable bonds is 8. The van der Waals surface area contributed by atoms with Gasteiger partial charge in [0, 0.05) is 17.3 Å². The van der Waals surface area contributed by atoms with E-state index in [1.54, 1.807) is 13.2 Å². The third-order valence-electron chi connectivity index (χ3n) is 5.21. The summed E-state index contributed by atoms with van der Waals surface area (Å²) in [6.07, 6.45) is 0. The summed E-state index contributed by atoms with van der Waals surface area (Å²) in [5.74, 6) is 2.91. The molecule has 0 unspecified atom stereocenters. The van der Waals surface area contributed by atoms with E-state index in [0.717, 1.165) is 28.5 Å². The van der Waals surface area contributed by atoms with Gasteiger partial charge >= 0.3 is 0 Å². The first-order valence-corrected chi connectivity index (χ1v) is 11.6. The molecule has 1 aliphatic rings. The van der Waals surface area contributed by atoms with Gasteiger partial charge in [0.2, 0.25) is 12.7 Å². The van der Waals surface area contributed by atoms with Gasteiger partial charge in [-0.25, -0.2) is 0 Å². The van der Waals surface area contributed by atoms with Crippen LogP contribution in [-0.4, -0.2) is 40.3 Å². The number of carbonyl (C=O) groups is 1. The van der Waals surface area contributed by atoms with Crippen molar-refractivity contribution in [3.8, 4) is 28.6 Å². The van der Waals surface area contributed by atoms with Crippen molar-refractivity contribution in [2.75, 3.05) is 25.0 Å². The second-order valence-electron chi connectivity index (χ2n) is 7.51. The minimum Gasteiger partial charge on any atom is -0.497 e. The van der Waals surface area contributed by atoms with Crippen LogP contribution in [0.5, 0.6) is 17.2 Å². The molecule has 8 nitrogen and oxygen atoms in total. The maximum Gasteiger partial charge on any atom is 0.234 e. The lowest BCUT2D eigenvalue weighted by Crippen LogP contribution is -2.15. The van der Waals surface area contributed by atoms with Crippen molar-refractivity contribution >= 4 is 23.4 Å². The number of fused-ring (bicyclic) bond motifs is 1. The number of ether oxygens (including phenoxy) is 3. The third kappa shape index (κ3) is 4.84. The average molecular weight is 475 g/mol. The van der Waals surface area contributed by atoms with E-state index >= 15 is 0 Å². The summed E-state index contributed by atoms with van der Waals surface area (Å²) in [5, 5.41) is 12.4. The predicted octanol–water partition coefficient (Wildman–Crippen LogP) is 4.46.